The van der Waals surface area contributed by atoms with Crippen LogP contribution < -0.4 is 15.0 Å². The molecule has 2 rings (SSSR count). The molecule has 2 amide bonds. The molecular formula is C17H22N2O5. The number of nitrogens with zero attached hydrogens (tertiary/aromatic N) is 1. The van der Waals surface area contributed by atoms with E-state index in [1.165, 1.54) is 4.90 Å². The topological polar surface area (TPSA) is 95.9 Å². The van der Waals surface area contributed by atoms with Crippen LogP contribution in [0.25, 0.3) is 0 Å². The third-order valence-corrected chi connectivity index (χ3v) is 3.89. The fourth-order valence-corrected chi connectivity index (χ4v) is 2.56. The van der Waals surface area contributed by atoms with Crippen LogP contribution in [0.15, 0.2) is 24.3 Å². The highest BCUT2D eigenvalue weighted by molar-refractivity contribution is 6.02. The van der Waals surface area contributed by atoms with Gasteiger partial charge < -0.3 is 20.1 Å². The number of para-hydroxylation sites is 2. The number of carboxylic acids is 1. The lowest BCUT2D eigenvalue weighted by Crippen LogP contribution is -2.53. The zero-order chi connectivity index (χ0) is 17.9. The summed E-state index contributed by atoms with van der Waals surface area (Å²) < 4.78 is 5.71. The Hall–Kier alpha value is -2.57. The molecule has 7 heteroatoms. The van der Waals surface area contributed by atoms with Crippen molar-refractivity contribution >= 4 is 23.5 Å². The maximum absolute atomic E-state index is 12.6. The molecule has 0 radical (unpaired) electrons. The second kappa shape index (κ2) is 6.90. The smallest absolute Gasteiger partial charge is 0.326 e. The van der Waals surface area contributed by atoms with Crippen molar-refractivity contribution in [3.63, 3.8) is 0 Å². The van der Waals surface area contributed by atoms with Gasteiger partial charge in [-0.1, -0.05) is 19.1 Å². The zero-order valence-corrected chi connectivity index (χ0v) is 14.0. The Kier molecular flexibility index (Phi) is 5.11. The maximum Gasteiger partial charge on any atom is 0.326 e. The van der Waals surface area contributed by atoms with Crippen molar-refractivity contribution in [1.29, 1.82) is 0 Å². The molecule has 0 saturated heterocycles. The predicted octanol–water partition coefficient (Wildman–Crippen LogP) is 1.56. The molecule has 0 fully saturated rings. The van der Waals surface area contributed by atoms with Gasteiger partial charge in [0.2, 0.25) is 5.91 Å². The normalized spacial score (nSPS) is 16.8. The fourth-order valence-electron chi connectivity index (χ4n) is 2.56. The Balaban J connectivity index is 2.10. The molecule has 7 nitrogen and oxygen atoms in total. The average Bonchev–Trinajstić information content (AvgIpc) is 2.52. The van der Waals surface area contributed by atoms with Gasteiger partial charge in [-0.15, -0.1) is 0 Å². The van der Waals surface area contributed by atoms with E-state index in [1.807, 2.05) is 6.07 Å². The van der Waals surface area contributed by atoms with E-state index in [1.54, 1.807) is 39.0 Å². The van der Waals surface area contributed by atoms with Crippen molar-refractivity contribution < 1.29 is 24.2 Å². The van der Waals surface area contributed by atoms with Gasteiger partial charge in [-0.25, -0.2) is 4.79 Å². The first-order chi connectivity index (χ1) is 11.3. The van der Waals surface area contributed by atoms with Crippen LogP contribution in [-0.2, 0) is 14.4 Å². The standard InChI is InChI=1S/C17H22N2O5/c1-4-11(15(21)22)18-14(20)9-10-19-12-7-5-6-8-13(12)24-17(2,3)16(19)23/h5-8,11H,4,9-10H2,1-3H3,(H,18,20)(H,21,22). The van der Waals surface area contributed by atoms with Crippen LogP contribution in [0, 0.1) is 0 Å². The number of fused-ring (bicyclic) bond motifs is 1. The van der Waals surface area contributed by atoms with E-state index < -0.39 is 23.5 Å². The highest BCUT2D eigenvalue weighted by Crippen LogP contribution is 2.37. The SMILES string of the molecule is CCC(NC(=O)CCN1C(=O)C(C)(C)Oc2ccccc21)C(=O)O. The second-order valence-electron chi connectivity index (χ2n) is 6.15. The molecule has 1 aromatic carbocycles. The molecule has 0 spiro atoms. The summed E-state index contributed by atoms with van der Waals surface area (Å²) in [7, 11) is 0. The molecule has 1 aliphatic heterocycles. The molecule has 1 atom stereocenters. The molecule has 1 aromatic rings. The molecule has 24 heavy (non-hydrogen) atoms. The van der Waals surface area contributed by atoms with Crippen molar-refractivity contribution in [2.45, 2.75) is 45.3 Å². The summed E-state index contributed by atoms with van der Waals surface area (Å²) in [5, 5.41) is 11.4. The Labute approximate surface area is 140 Å². The number of hydrogen-bond acceptors (Lipinski definition) is 4. The fraction of sp³-hybridized carbons (Fsp3) is 0.471. The van der Waals surface area contributed by atoms with Crippen molar-refractivity contribution in [1.82, 2.24) is 5.32 Å². The van der Waals surface area contributed by atoms with Crippen LogP contribution in [-0.4, -0.2) is 41.1 Å². The third kappa shape index (κ3) is 3.67. The molecule has 0 saturated carbocycles. The summed E-state index contributed by atoms with van der Waals surface area (Å²) in [6, 6.07) is 6.22. The molecule has 1 heterocycles. The molecule has 0 aliphatic carbocycles. The minimum atomic E-state index is -1.07. The third-order valence-electron chi connectivity index (χ3n) is 3.89. The molecule has 1 unspecified atom stereocenters. The van der Waals surface area contributed by atoms with E-state index in [0.717, 1.165) is 0 Å². The summed E-state index contributed by atoms with van der Waals surface area (Å²) in [5.41, 5.74) is -0.405. The predicted molar refractivity (Wildman–Crippen MR) is 88.0 cm³/mol. The molecule has 2 N–H and O–H groups in total. The van der Waals surface area contributed by atoms with Crippen LogP contribution in [0.4, 0.5) is 5.69 Å². The highest BCUT2D eigenvalue weighted by atomic mass is 16.5. The lowest BCUT2D eigenvalue weighted by Gasteiger charge is -2.38. The number of benzene rings is 1. The van der Waals surface area contributed by atoms with Crippen LogP contribution in [0.1, 0.15) is 33.6 Å². The molecule has 1 aliphatic rings. The lowest BCUT2D eigenvalue weighted by molar-refractivity contribution is -0.142. The van der Waals surface area contributed by atoms with Gasteiger partial charge in [0.1, 0.15) is 11.8 Å². The maximum atomic E-state index is 12.6. The second-order valence-corrected chi connectivity index (χ2v) is 6.15. The number of amides is 2. The molecule has 0 aromatic heterocycles. The van der Waals surface area contributed by atoms with Gasteiger partial charge in [0.15, 0.2) is 5.60 Å². The Bertz CT molecular complexity index is 656. The molecule has 0 bridgehead atoms. The number of rotatable bonds is 6. The molecular weight excluding hydrogens is 312 g/mol. The average molecular weight is 334 g/mol. The van der Waals surface area contributed by atoms with E-state index in [-0.39, 0.29) is 18.9 Å². The van der Waals surface area contributed by atoms with Crippen LogP contribution in [0.3, 0.4) is 0 Å². The number of carboxylic acid groups (broad SMARTS) is 1. The van der Waals surface area contributed by atoms with Crippen molar-refractivity contribution in [3.8, 4) is 5.75 Å². The number of nitrogens with one attached hydrogen (secondary N) is 1. The minimum absolute atomic E-state index is 0.0138. The van der Waals surface area contributed by atoms with Crippen molar-refractivity contribution in [2.24, 2.45) is 0 Å². The first-order valence-corrected chi connectivity index (χ1v) is 7.88. The quantitative estimate of drug-likeness (QED) is 0.823. The van der Waals surface area contributed by atoms with Crippen molar-refractivity contribution in [3.05, 3.63) is 24.3 Å². The van der Waals surface area contributed by atoms with Gasteiger partial charge in [0.25, 0.3) is 5.91 Å². The Morgan fingerprint density at radius 1 is 1.33 bits per heavy atom. The van der Waals surface area contributed by atoms with Gasteiger partial charge in [0, 0.05) is 13.0 Å². The van der Waals surface area contributed by atoms with Crippen LogP contribution >= 0.6 is 0 Å². The zero-order valence-electron chi connectivity index (χ0n) is 14.0. The number of carbonyl (C=O) groups excluding carboxylic acids is 2. The van der Waals surface area contributed by atoms with E-state index in [0.29, 0.717) is 17.9 Å². The van der Waals surface area contributed by atoms with Gasteiger partial charge in [-0.2, -0.15) is 0 Å². The number of carbonyl (C=O) groups is 3. The number of hydrogen-bond donors (Lipinski definition) is 2. The van der Waals surface area contributed by atoms with E-state index in [9.17, 15) is 14.4 Å². The largest absolute Gasteiger partial charge is 0.480 e. The monoisotopic (exact) mass is 334 g/mol. The first kappa shape index (κ1) is 17.8. The van der Waals surface area contributed by atoms with E-state index in [4.69, 9.17) is 9.84 Å². The number of anilines is 1. The van der Waals surface area contributed by atoms with Gasteiger partial charge in [0.05, 0.1) is 5.69 Å². The minimum Gasteiger partial charge on any atom is -0.480 e. The number of aliphatic carboxylic acids is 1. The summed E-state index contributed by atoms with van der Waals surface area (Å²) in [4.78, 5) is 37.1. The van der Waals surface area contributed by atoms with Gasteiger partial charge >= 0.3 is 5.97 Å². The first-order valence-electron chi connectivity index (χ1n) is 7.88. The molecule has 130 valence electrons. The van der Waals surface area contributed by atoms with Crippen molar-refractivity contribution in [2.75, 3.05) is 11.4 Å². The van der Waals surface area contributed by atoms with Crippen LogP contribution in [0.5, 0.6) is 5.75 Å². The van der Waals surface area contributed by atoms with E-state index in [2.05, 4.69) is 5.32 Å². The summed E-state index contributed by atoms with van der Waals surface area (Å²) >= 11 is 0. The number of ether oxygens (including phenoxy) is 1. The Morgan fingerprint density at radius 3 is 2.62 bits per heavy atom. The highest BCUT2D eigenvalue weighted by Gasteiger charge is 2.40. The summed E-state index contributed by atoms with van der Waals surface area (Å²) in [6.07, 6.45) is 0.313. The van der Waals surface area contributed by atoms with Gasteiger partial charge in [-0.3, -0.25) is 9.59 Å². The summed E-state index contributed by atoms with van der Waals surface area (Å²) in [6.45, 7) is 5.19. The summed E-state index contributed by atoms with van der Waals surface area (Å²) in [5.74, 6) is -1.13. The Morgan fingerprint density at radius 2 is 2.00 bits per heavy atom. The lowest BCUT2D eigenvalue weighted by atomic mass is 10.0. The van der Waals surface area contributed by atoms with Gasteiger partial charge in [-0.05, 0) is 32.4 Å². The van der Waals surface area contributed by atoms with Crippen LogP contribution in [0.2, 0.25) is 0 Å². The van der Waals surface area contributed by atoms with E-state index >= 15 is 0 Å².